The molecule has 6 nitrogen and oxygen atoms in total. The van der Waals surface area contributed by atoms with Gasteiger partial charge in [-0.3, -0.25) is 0 Å². The molecule has 23 heavy (non-hydrogen) atoms. The summed E-state index contributed by atoms with van der Waals surface area (Å²) in [6.45, 7) is 0. The summed E-state index contributed by atoms with van der Waals surface area (Å²) in [5, 5.41) is 10.9. The van der Waals surface area contributed by atoms with E-state index >= 15 is 0 Å². The number of benzene rings is 1. The van der Waals surface area contributed by atoms with Crippen LogP contribution in [0.1, 0.15) is 10.4 Å². The summed E-state index contributed by atoms with van der Waals surface area (Å²) >= 11 is 0. The molecular formula is C17H13N3O3. The SMILES string of the molecule is COc1ccc2[nH]cc(-c3cc4c(C(=O)O)ccnc4[nH]3)c2c1. The molecule has 0 aliphatic heterocycles. The fraction of sp³-hybridized carbons (Fsp3) is 0.0588. The van der Waals surface area contributed by atoms with E-state index in [-0.39, 0.29) is 5.56 Å². The van der Waals surface area contributed by atoms with Gasteiger partial charge in [-0.05, 0) is 30.3 Å². The van der Waals surface area contributed by atoms with Crippen LogP contribution in [0, 0.1) is 0 Å². The second-order valence-electron chi connectivity index (χ2n) is 5.22. The molecule has 0 amide bonds. The van der Waals surface area contributed by atoms with E-state index in [1.807, 2.05) is 30.5 Å². The minimum absolute atomic E-state index is 0.231. The van der Waals surface area contributed by atoms with Crippen LogP contribution in [0.4, 0.5) is 0 Å². The van der Waals surface area contributed by atoms with Crippen molar-refractivity contribution in [2.45, 2.75) is 0 Å². The molecule has 4 rings (SSSR count). The number of carboxylic acid groups (broad SMARTS) is 1. The topological polar surface area (TPSA) is 91.0 Å². The highest BCUT2D eigenvalue weighted by Crippen LogP contribution is 2.32. The third-order valence-electron chi connectivity index (χ3n) is 3.94. The maximum absolute atomic E-state index is 11.3. The molecule has 0 spiro atoms. The van der Waals surface area contributed by atoms with E-state index in [0.717, 1.165) is 27.9 Å². The molecule has 0 saturated heterocycles. The molecule has 3 aromatic heterocycles. The summed E-state index contributed by atoms with van der Waals surface area (Å²) < 4.78 is 5.28. The minimum Gasteiger partial charge on any atom is -0.497 e. The summed E-state index contributed by atoms with van der Waals surface area (Å²) in [5.74, 6) is -0.206. The van der Waals surface area contributed by atoms with Crippen molar-refractivity contribution in [1.82, 2.24) is 15.0 Å². The number of hydrogen-bond acceptors (Lipinski definition) is 3. The lowest BCUT2D eigenvalue weighted by Gasteiger charge is -2.00. The van der Waals surface area contributed by atoms with E-state index in [4.69, 9.17) is 4.74 Å². The minimum atomic E-state index is -0.969. The van der Waals surface area contributed by atoms with Gasteiger partial charge in [0, 0.05) is 39.9 Å². The van der Waals surface area contributed by atoms with E-state index in [9.17, 15) is 9.90 Å². The molecule has 0 aliphatic carbocycles. The van der Waals surface area contributed by atoms with Gasteiger partial charge in [-0.1, -0.05) is 0 Å². The highest BCUT2D eigenvalue weighted by atomic mass is 16.5. The molecule has 6 heteroatoms. The number of carbonyl (C=O) groups is 1. The summed E-state index contributed by atoms with van der Waals surface area (Å²) in [7, 11) is 1.62. The van der Waals surface area contributed by atoms with Gasteiger partial charge < -0.3 is 19.8 Å². The number of fused-ring (bicyclic) bond motifs is 2. The fourth-order valence-corrected chi connectivity index (χ4v) is 2.81. The van der Waals surface area contributed by atoms with E-state index in [1.54, 1.807) is 7.11 Å². The zero-order valence-electron chi connectivity index (χ0n) is 12.3. The number of pyridine rings is 1. The van der Waals surface area contributed by atoms with Crippen molar-refractivity contribution in [3.63, 3.8) is 0 Å². The van der Waals surface area contributed by atoms with Crippen LogP contribution < -0.4 is 4.74 Å². The van der Waals surface area contributed by atoms with Crippen molar-refractivity contribution in [3.05, 3.63) is 48.3 Å². The first-order valence-electron chi connectivity index (χ1n) is 7.04. The molecular weight excluding hydrogens is 294 g/mol. The lowest BCUT2D eigenvalue weighted by atomic mass is 10.1. The molecule has 4 aromatic rings. The zero-order chi connectivity index (χ0) is 16.0. The average molecular weight is 307 g/mol. The van der Waals surface area contributed by atoms with Crippen LogP contribution in [-0.2, 0) is 0 Å². The standard InChI is InChI=1S/C17H13N3O3/c1-23-9-2-3-14-11(6-9)13(8-19-14)15-7-12-10(17(21)22)4-5-18-16(12)20-15/h2-8,19H,1H3,(H,18,20)(H,21,22). The molecule has 0 atom stereocenters. The second kappa shape index (κ2) is 4.88. The number of aromatic carboxylic acids is 1. The van der Waals surface area contributed by atoms with Gasteiger partial charge in [0.25, 0.3) is 0 Å². The largest absolute Gasteiger partial charge is 0.497 e. The lowest BCUT2D eigenvalue weighted by Crippen LogP contribution is -1.96. The van der Waals surface area contributed by atoms with E-state index in [0.29, 0.717) is 11.0 Å². The molecule has 0 unspecified atom stereocenters. The van der Waals surface area contributed by atoms with Crippen molar-refractivity contribution in [3.8, 4) is 17.0 Å². The summed E-state index contributed by atoms with van der Waals surface area (Å²) in [5.41, 5.74) is 3.51. The maximum atomic E-state index is 11.3. The van der Waals surface area contributed by atoms with Gasteiger partial charge in [-0.15, -0.1) is 0 Å². The monoisotopic (exact) mass is 307 g/mol. The van der Waals surface area contributed by atoms with Gasteiger partial charge in [0.05, 0.1) is 12.7 Å². The number of hydrogen-bond donors (Lipinski definition) is 3. The van der Waals surface area contributed by atoms with Crippen molar-refractivity contribution in [2.24, 2.45) is 0 Å². The van der Waals surface area contributed by atoms with Crippen LogP contribution in [-0.4, -0.2) is 33.1 Å². The number of nitrogens with zero attached hydrogens (tertiary/aromatic N) is 1. The highest BCUT2D eigenvalue weighted by Gasteiger charge is 2.15. The predicted octanol–water partition coefficient (Wildman–Crippen LogP) is 3.42. The number of rotatable bonds is 3. The first-order chi connectivity index (χ1) is 11.2. The summed E-state index contributed by atoms with van der Waals surface area (Å²) in [6.07, 6.45) is 3.37. The first kappa shape index (κ1) is 13.4. The van der Waals surface area contributed by atoms with Gasteiger partial charge in [-0.2, -0.15) is 0 Å². The van der Waals surface area contributed by atoms with Crippen LogP contribution >= 0.6 is 0 Å². The number of aromatic amines is 2. The Labute approximate surface area is 130 Å². The summed E-state index contributed by atoms with van der Waals surface area (Å²) in [6, 6.07) is 9.09. The quantitative estimate of drug-likeness (QED) is 0.541. The van der Waals surface area contributed by atoms with Gasteiger partial charge in [-0.25, -0.2) is 9.78 Å². The van der Waals surface area contributed by atoms with Crippen LogP contribution in [0.25, 0.3) is 33.2 Å². The van der Waals surface area contributed by atoms with Crippen LogP contribution in [0.2, 0.25) is 0 Å². The Morgan fingerprint density at radius 1 is 1.22 bits per heavy atom. The summed E-state index contributed by atoms with van der Waals surface area (Å²) in [4.78, 5) is 22.0. The van der Waals surface area contributed by atoms with Gasteiger partial charge in [0.1, 0.15) is 11.4 Å². The average Bonchev–Trinajstić information content (AvgIpc) is 3.16. The molecule has 0 radical (unpaired) electrons. The number of aromatic nitrogens is 3. The predicted molar refractivity (Wildman–Crippen MR) is 86.9 cm³/mol. The maximum Gasteiger partial charge on any atom is 0.336 e. The molecule has 3 heterocycles. The molecule has 1 aromatic carbocycles. The van der Waals surface area contributed by atoms with Crippen molar-refractivity contribution in [1.29, 1.82) is 0 Å². The number of ether oxygens (including phenoxy) is 1. The normalized spacial score (nSPS) is 11.2. The van der Waals surface area contributed by atoms with Gasteiger partial charge in [0.2, 0.25) is 0 Å². The highest BCUT2D eigenvalue weighted by molar-refractivity contribution is 6.05. The third kappa shape index (κ3) is 2.03. The van der Waals surface area contributed by atoms with Crippen LogP contribution in [0.5, 0.6) is 5.75 Å². The fourth-order valence-electron chi connectivity index (χ4n) is 2.81. The zero-order valence-corrected chi connectivity index (χ0v) is 12.3. The Balaban J connectivity index is 1.96. The Bertz CT molecular complexity index is 1050. The van der Waals surface area contributed by atoms with Crippen LogP contribution in [0.3, 0.4) is 0 Å². The lowest BCUT2D eigenvalue weighted by molar-refractivity contribution is 0.0699. The second-order valence-corrected chi connectivity index (χ2v) is 5.22. The third-order valence-corrected chi connectivity index (χ3v) is 3.94. The van der Waals surface area contributed by atoms with Crippen LogP contribution in [0.15, 0.2) is 42.7 Å². The number of carboxylic acids is 1. The molecule has 0 saturated carbocycles. The van der Waals surface area contributed by atoms with E-state index in [2.05, 4.69) is 15.0 Å². The molecule has 3 N–H and O–H groups in total. The van der Waals surface area contributed by atoms with E-state index < -0.39 is 5.97 Å². The van der Waals surface area contributed by atoms with Gasteiger partial charge >= 0.3 is 5.97 Å². The van der Waals surface area contributed by atoms with Crippen molar-refractivity contribution in [2.75, 3.05) is 7.11 Å². The van der Waals surface area contributed by atoms with E-state index in [1.165, 1.54) is 12.3 Å². The molecule has 0 aliphatic rings. The first-order valence-corrected chi connectivity index (χ1v) is 7.04. The van der Waals surface area contributed by atoms with Crippen molar-refractivity contribution >= 4 is 27.9 Å². The Morgan fingerprint density at radius 2 is 2.09 bits per heavy atom. The number of methoxy groups -OCH3 is 1. The number of nitrogens with one attached hydrogen (secondary N) is 2. The number of H-pyrrole nitrogens is 2. The molecule has 0 fully saturated rings. The Hall–Kier alpha value is -3.28. The molecule has 0 bridgehead atoms. The Morgan fingerprint density at radius 3 is 2.87 bits per heavy atom. The smallest absolute Gasteiger partial charge is 0.336 e. The molecule has 114 valence electrons. The van der Waals surface area contributed by atoms with Gasteiger partial charge in [0.15, 0.2) is 0 Å². The Kier molecular flexibility index (Phi) is 2.84. The van der Waals surface area contributed by atoms with Crippen molar-refractivity contribution < 1.29 is 14.6 Å².